The normalized spacial score (nSPS) is 29.4. The third kappa shape index (κ3) is 1.67. The number of hydrogen-bond acceptors (Lipinski definition) is 2. The van der Waals surface area contributed by atoms with E-state index in [1.165, 1.54) is 0 Å². The maximum Gasteiger partial charge on any atom is 0.114 e. The highest BCUT2D eigenvalue weighted by Gasteiger charge is 2.31. The first-order chi connectivity index (χ1) is 4.50. The molecule has 0 aliphatic carbocycles. The van der Waals surface area contributed by atoms with Crippen molar-refractivity contribution < 1.29 is 9.50 Å². The zero-order valence-electron chi connectivity index (χ0n) is 6.47. The van der Waals surface area contributed by atoms with E-state index in [1.54, 1.807) is 18.7 Å². The largest absolute Gasteiger partial charge is 0.376 e. The van der Waals surface area contributed by atoms with Crippen molar-refractivity contribution in [3.63, 3.8) is 0 Å². The number of nitrogens with zero attached hydrogens (tertiary/aromatic N) is 1. The lowest BCUT2D eigenvalue weighted by Gasteiger charge is -2.29. The molecule has 1 aliphatic rings. The van der Waals surface area contributed by atoms with E-state index in [1.807, 2.05) is 0 Å². The topological polar surface area (TPSA) is 23.5 Å². The van der Waals surface area contributed by atoms with Gasteiger partial charge >= 0.3 is 0 Å². The molecule has 0 radical (unpaired) electrons. The Morgan fingerprint density at radius 2 is 2.20 bits per heavy atom. The molecule has 1 N–H and O–H groups in total. The van der Waals surface area contributed by atoms with Gasteiger partial charge in [-0.25, -0.2) is 4.39 Å². The van der Waals surface area contributed by atoms with Gasteiger partial charge < -0.3 is 5.11 Å². The van der Waals surface area contributed by atoms with E-state index in [4.69, 9.17) is 0 Å². The first-order valence-electron chi connectivity index (χ1n) is 3.61. The van der Waals surface area contributed by atoms with Crippen molar-refractivity contribution in [3.05, 3.63) is 0 Å². The molecule has 1 saturated heterocycles. The van der Waals surface area contributed by atoms with Crippen LogP contribution in [0.1, 0.15) is 20.3 Å². The summed E-state index contributed by atoms with van der Waals surface area (Å²) in [6, 6.07) is 0. The van der Waals surface area contributed by atoms with E-state index >= 15 is 0 Å². The zero-order chi connectivity index (χ0) is 7.78. The molecule has 0 aromatic rings. The Balaban J connectivity index is 2.45. The summed E-state index contributed by atoms with van der Waals surface area (Å²) in [6.07, 6.45) is -0.185. The van der Waals surface area contributed by atoms with Gasteiger partial charge in [0.05, 0.1) is 0 Å². The number of halogens is 1. The molecule has 0 bridgehead atoms. The van der Waals surface area contributed by atoms with Crippen LogP contribution in [0, 0.1) is 0 Å². The Morgan fingerprint density at radius 3 is 2.40 bits per heavy atom. The maximum atomic E-state index is 12.6. The van der Waals surface area contributed by atoms with Crippen LogP contribution in [0.5, 0.6) is 0 Å². The predicted octanol–water partition coefficient (Wildman–Crippen LogP) is 0.759. The average Bonchev–Trinajstić information content (AvgIpc) is 2.11. The van der Waals surface area contributed by atoms with E-state index in [-0.39, 0.29) is 0 Å². The summed E-state index contributed by atoms with van der Waals surface area (Å²) in [7, 11) is 0. The number of alkyl halides is 1. The summed E-state index contributed by atoms with van der Waals surface area (Å²) < 4.78 is 12.6. The SMILES string of the molecule is CC(C)(O)N1CCC(F)C1. The van der Waals surface area contributed by atoms with E-state index in [0.29, 0.717) is 19.5 Å². The first kappa shape index (κ1) is 7.95. The van der Waals surface area contributed by atoms with Crippen LogP contribution >= 0.6 is 0 Å². The van der Waals surface area contributed by atoms with Crippen molar-refractivity contribution in [2.24, 2.45) is 0 Å². The van der Waals surface area contributed by atoms with Crippen LogP contribution in [-0.4, -0.2) is 35.0 Å². The summed E-state index contributed by atoms with van der Waals surface area (Å²) in [5.41, 5.74) is -0.846. The summed E-state index contributed by atoms with van der Waals surface area (Å²) in [6.45, 7) is 4.42. The van der Waals surface area contributed by atoms with Gasteiger partial charge in [-0.1, -0.05) is 0 Å². The Bertz CT molecular complexity index is 121. The quantitative estimate of drug-likeness (QED) is 0.592. The molecular weight excluding hydrogens is 133 g/mol. The van der Waals surface area contributed by atoms with E-state index in [2.05, 4.69) is 0 Å². The van der Waals surface area contributed by atoms with Crippen molar-refractivity contribution >= 4 is 0 Å². The van der Waals surface area contributed by atoms with Gasteiger partial charge in [-0.3, -0.25) is 4.90 Å². The molecule has 3 heteroatoms. The minimum Gasteiger partial charge on any atom is -0.376 e. The molecule has 2 nitrogen and oxygen atoms in total. The molecule has 0 aromatic carbocycles. The van der Waals surface area contributed by atoms with Crippen molar-refractivity contribution in [1.29, 1.82) is 0 Å². The van der Waals surface area contributed by atoms with Crippen LogP contribution in [0.4, 0.5) is 4.39 Å². The smallest absolute Gasteiger partial charge is 0.114 e. The molecule has 1 fully saturated rings. The van der Waals surface area contributed by atoms with Crippen molar-refractivity contribution in [1.82, 2.24) is 4.90 Å². The lowest BCUT2D eigenvalue weighted by atomic mass is 10.3. The van der Waals surface area contributed by atoms with E-state index in [0.717, 1.165) is 0 Å². The highest BCUT2D eigenvalue weighted by atomic mass is 19.1. The third-order valence-electron chi connectivity index (χ3n) is 1.90. The van der Waals surface area contributed by atoms with Crippen LogP contribution in [-0.2, 0) is 0 Å². The molecule has 0 spiro atoms. The van der Waals surface area contributed by atoms with Gasteiger partial charge in [0.2, 0.25) is 0 Å². The molecule has 60 valence electrons. The summed E-state index contributed by atoms with van der Waals surface area (Å²) >= 11 is 0. The van der Waals surface area contributed by atoms with Crippen LogP contribution in [0.15, 0.2) is 0 Å². The number of hydrogen-bond donors (Lipinski definition) is 1. The van der Waals surface area contributed by atoms with Crippen molar-refractivity contribution in [3.8, 4) is 0 Å². The fourth-order valence-corrected chi connectivity index (χ4v) is 1.21. The molecule has 0 aromatic heterocycles. The Morgan fingerprint density at radius 1 is 1.60 bits per heavy atom. The zero-order valence-corrected chi connectivity index (χ0v) is 6.47. The van der Waals surface area contributed by atoms with Gasteiger partial charge in [0.1, 0.15) is 11.9 Å². The van der Waals surface area contributed by atoms with Crippen molar-refractivity contribution in [2.45, 2.75) is 32.2 Å². The Hall–Kier alpha value is -0.150. The highest BCUT2D eigenvalue weighted by Crippen LogP contribution is 2.19. The minimum absolute atomic E-state index is 0.378. The van der Waals surface area contributed by atoms with E-state index < -0.39 is 11.9 Å². The van der Waals surface area contributed by atoms with Gasteiger partial charge in [0, 0.05) is 13.1 Å². The Labute approximate surface area is 60.6 Å². The van der Waals surface area contributed by atoms with Gasteiger partial charge in [-0.05, 0) is 20.3 Å². The summed E-state index contributed by atoms with van der Waals surface area (Å²) in [5.74, 6) is 0. The second-order valence-corrected chi connectivity index (χ2v) is 3.33. The molecule has 0 amide bonds. The standard InChI is InChI=1S/C7H14FNO/c1-7(2,10)9-4-3-6(8)5-9/h6,10H,3-5H2,1-2H3. The Kier molecular flexibility index (Phi) is 1.97. The summed E-state index contributed by atoms with van der Waals surface area (Å²) in [4.78, 5) is 1.75. The maximum absolute atomic E-state index is 12.6. The number of rotatable bonds is 1. The fraction of sp³-hybridized carbons (Fsp3) is 1.00. The van der Waals surface area contributed by atoms with Gasteiger partial charge in [-0.2, -0.15) is 0 Å². The van der Waals surface area contributed by atoms with Gasteiger partial charge in [0.15, 0.2) is 0 Å². The molecule has 0 saturated carbocycles. The van der Waals surface area contributed by atoms with Gasteiger partial charge in [-0.15, -0.1) is 0 Å². The van der Waals surface area contributed by atoms with E-state index in [9.17, 15) is 9.50 Å². The van der Waals surface area contributed by atoms with Gasteiger partial charge in [0.25, 0.3) is 0 Å². The third-order valence-corrected chi connectivity index (χ3v) is 1.90. The average molecular weight is 147 g/mol. The molecule has 1 unspecified atom stereocenters. The first-order valence-corrected chi connectivity index (χ1v) is 3.61. The minimum atomic E-state index is -0.846. The lowest BCUT2D eigenvalue weighted by Crippen LogP contribution is -2.42. The highest BCUT2D eigenvalue weighted by molar-refractivity contribution is 4.80. The predicted molar refractivity (Wildman–Crippen MR) is 37.4 cm³/mol. The molecule has 1 aliphatic heterocycles. The molecular formula is C7H14FNO. The number of aliphatic hydroxyl groups is 1. The van der Waals surface area contributed by atoms with Crippen LogP contribution in [0.3, 0.4) is 0 Å². The second kappa shape index (κ2) is 2.47. The molecule has 10 heavy (non-hydrogen) atoms. The number of likely N-dealkylation sites (tertiary alicyclic amines) is 1. The molecule has 1 rings (SSSR count). The van der Waals surface area contributed by atoms with Crippen molar-refractivity contribution in [2.75, 3.05) is 13.1 Å². The monoisotopic (exact) mass is 147 g/mol. The summed E-state index contributed by atoms with van der Waals surface area (Å²) in [5, 5.41) is 9.39. The lowest BCUT2D eigenvalue weighted by molar-refractivity contribution is -0.0674. The fourth-order valence-electron chi connectivity index (χ4n) is 1.21. The van der Waals surface area contributed by atoms with Crippen LogP contribution in [0.25, 0.3) is 0 Å². The second-order valence-electron chi connectivity index (χ2n) is 3.33. The van der Waals surface area contributed by atoms with Crippen LogP contribution in [0.2, 0.25) is 0 Å². The molecule has 1 atom stereocenters. The molecule has 1 heterocycles. The van der Waals surface area contributed by atoms with Crippen LogP contribution < -0.4 is 0 Å².